The lowest BCUT2D eigenvalue weighted by molar-refractivity contribution is -0.123. The first-order chi connectivity index (χ1) is 14.3. The van der Waals surface area contributed by atoms with Gasteiger partial charge in [0.2, 0.25) is 0 Å². The van der Waals surface area contributed by atoms with E-state index in [1.54, 1.807) is 6.07 Å². The standard InChI is InChI=1S/C22H21IN2O4S/c1-4-28-18-10-15(8-16-20(26)24-22(30)25-21(16)27)9-17(23)19(18)29-11-14-6-5-12(2)13(3)7-14/h5-10H,4,11H2,1-3H3,(H2,24,25,26,27,30). The van der Waals surface area contributed by atoms with Crippen LogP contribution in [-0.2, 0) is 16.2 Å². The number of aryl methyl sites for hydroxylation is 2. The highest BCUT2D eigenvalue weighted by molar-refractivity contribution is 14.1. The minimum absolute atomic E-state index is 0.00169. The second kappa shape index (κ2) is 9.57. The molecule has 1 fully saturated rings. The summed E-state index contributed by atoms with van der Waals surface area (Å²) in [7, 11) is 0. The average molecular weight is 536 g/mol. The first kappa shape index (κ1) is 22.2. The Kier molecular flexibility index (Phi) is 7.09. The van der Waals surface area contributed by atoms with Crippen molar-refractivity contribution in [2.75, 3.05) is 6.61 Å². The zero-order valence-corrected chi connectivity index (χ0v) is 19.8. The van der Waals surface area contributed by atoms with Crippen molar-refractivity contribution >= 4 is 57.8 Å². The van der Waals surface area contributed by atoms with E-state index in [0.29, 0.717) is 30.3 Å². The quantitative estimate of drug-likeness (QED) is 0.254. The zero-order valence-electron chi connectivity index (χ0n) is 16.8. The molecule has 6 nitrogen and oxygen atoms in total. The summed E-state index contributed by atoms with van der Waals surface area (Å²) in [5.74, 6) is 0.0994. The third-order valence-electron chi connectivity index (χ3n) is 4.54. The predicted octanol–water partition coefficient (Wildman–Crippen LogP) is 3.80. The maximum atomic E-state index is 12.1. The number of halogens is 1. The number of amides is 2. The number of carbonyl (C=O) groups is 2. The van der Waals surface area contributed by atoms with Crippen molar-refractivity contribution in [3.8, 4) is 11.5 Å². The van der Waals surface area contributed by atoms with Crippen LogP contribution in [0, 0.1) is 17.4 Å². The summed E-state index contributed by atoms with van der Waals surface area (Å²) in [6.07, 6.45) is 1.50. The summed E-state index contributed by atoms with van der Waals surface area (Å²) in [5.41, 5.74) is 4.13. The monoisotopic (exact) mass is 536 g/mol. The van der Waals surface area contributed by atoms with Crippen LogP contribution in [0.25, 0.3) is 6.08 Å². The van der Waals surface area contributed by atoms with Crippen LogP contribution in [0.5, 0.6) is 11.5 Å². The summed E-state index contributed by atoms with van der Waals surface area (Å²) in [4.78, 5) is 24.2. The van der Waals surface area contributed by atoms with E-state index < -0.39 is 11.8 Å². The number of benzene rings is 2. The van der Waals surface area contributed by atoms with Gasteiger partial charge >= 0.3 is 0 Å². The van der Waals surface area contributed by atoms with E-state index >= 15 is 0 Å². The van der Waals surface area contributed by atoms with Crippen molar-refractivity contribution in [2.45, 2.75) is 27.4 Å². The number of ether oxygens (including phenoxy) is 2. The van der Waals surface area contributed by atoms with Crippen molar-refractivity contribution in [2.24, 2.45) is 0 Å². The van der Waals surface area contributed by atoms with Crippen molar-refractivity contribution in [3.05, 3.63) is 61.7 Å². The predicted molar refractivity (Wildman–Crippen MR) is 127 cm³/mol. The minimum Gasteiger partial charge on any atom is -0.490 e. The van der Waals surface area contributed by atoms with Gasteiger partial charge < -0.3 is 9.47 Å². The Hall–Kier alpha value is -2.46. The van der Waals surface area contributed by atoms with Crippen LogP contribution < -0.4 is 20.1 Å². The molecule has 0 unspecified atom stereocenters. The van der Waals surface area contributed by atoms with Gasteiger partial charge in [0.15, 0.2) is 16.6 Å². The summed E-state index contributed by atoms with van der Waals surface area (Å²) in [5, 5.41) is 4.86. The van der Waals surface area contributed by atoms with E-state index in [1.165, 1.54) is 17.2 Å². The molecule has 0 aliphatic carbocycles. The molecule has 0 aromatic heterocycles. The van der Waals surface area contributed by atoms with Gasteiger partial charge in [-0.25, -0.2) is 0 Å². The SMILES string of the molecule is CCOc1cc(C=C2C(=O)NC(=S)NC2=O)cc(I)c1OCc1ccc(C)c(C)c1. The van der Waals surface area contributed by atoms with Gasteiger partial charge in [-0.3, -0.25) is 20.2 Å². The van der Waals surface area contributed by atoms with Crippen LogP contribution >= 0.6 is 34.8 Å². The smallest absolute Gasteiger partial charge is 0.263 e. The highest BCUT2D eigenvalue weighted by atomic mass is 127. The van der Waals surface area contributed by atoms with Gasteiger partial charge in [-0.1, -0.05) is 18.2 Å². The Morgan fingerprint density at radius 3 is 2.37 bits per heavy atom. The van der Waals surface area contributed by atoms with Gasteiger partial charge in [0.1, 0.15) is 12.2 Å². The molecule has 2 N–H and O–H groups in total. The Morgan fingerprint density at radius 2 is 1.73 bits per heavy atom. The molecule has 3 rings (SSSR count). The fraction of sp³-hybridized carbons (Fsp3) is 0.227. The normalized spacial score (nSPS) is 13.6. The van der Waals surface area contributed by atoms with Crippen LogP contribution in [0.3, 0.4) is 0 Å². The lowest BCUT2D eigenvalue weighted by atomic mass is 10.1. The van der Waals surface area contributed by atoms with Gasteiger partial charge in [-0.15, -0.1) is 0 Å². The number of rotatable bonds is 6. The van der Waals surface area contributed by atoms with Gasteiger partial charge in [0.05, 0.1) is 10.2 Å². The molecular formula is C22H21IN2O4S. The molecule has 0 bridgehead atoms. The van der Waals surface area contributed by atoms with E-state index in [-0.39, 0.29) is 10.7 Å². The minimum atomic E-state index is -0.535. The van der Waals surface area contributed by atoms with Crippen molar-refractivity contribution in [1.29, 1.82) is 0 Å². The van der Waals surface area contributed by atoms with Crippen LogP contribution in [0.15, 0.2) is 35.9 Å². The number of carbonyl (C=O) groups excluding carboxylic acids is 2. The van der Waals surface area contributed by atoms with Crippen molar-refractivity contribution in [3.63, 3.8) is 0 Å². The lowest BCUT2D eigenvalue weighted by Crippen LogP contribution is -2.51. The van der Waals surface area contributed by atoms with E-state index in [0.717, 1.165) is 9.13 Å². The summed E-state index contributed by atoms with van der Waals surface area (Å²) >= 11 is 6.98. The molecule has 8 heteroatoms. The van der Waals surface area contributed by atoms with E-state index in [2.05, 4.69) is 59.2 Å². The maximum Gasteiger partial charge on any atom is 0.263 e. The van der Waals surface area contributed by atoms with Crippen molar-refractivity contribution < 1.29 is 19.1 Å². The molecule has 1 aliphatic heterocycles. The number of nitrogens with one attached hydrogen (secondary N) is 2. The number of hydrogen-bond donors (Lipinski definition) is 2. The fourth-order valence-electron chi connectivity index (χ4n) is 2.90. The molecule has 1 aliphatic rings. The maximum absolute atomic E-state index is 12.1. The average Bonchev–Trinajstić information content (AvgIpc) is 2.67. The fourth-order valence-corrected chi connectivity index (χ4v) is 3.86. The molecule has 156 valence electrons. The summed E-state index contributed by atoms with van der Waals surface area (Å²) in [6, 6.07) is 9.80. The van der Waals surface area contributed by atoms with Crippen LogP contribution in [0.4, 0.5) is 0 Å². The Bertz CT molecular complexity index is 1040. The van der Waals surface area contributed by atoms with Crippen LogP contribution in [0.1, 0.15) is 29.2 Å². The lowest BCUT2D eigenvalue weighted by Gasteiger charge is -2.17. The zero-order chi connectivity index (χ0) is 21.8. The van der Waals surface area contributed by atoms with Gasteiger partial charge in [0, 0.05) is 0 Å². The molecule has 1 saturated heterocycles. The third kappa shape index (κ3) is 5.17. The highest BCUT2D eigenvalue weighted by Gasteiger charge is 2.26. The summed E-state index contributed by atoms with van der Waals surface area (Å²) < 4.78 is 12.6. The van der Waals surface area contributed by atoms with E-state index in [1.807, 2.05) is 19.1 Å². The third-order valence-corrected chi connectivity index (χ3v) is 5.55. The molecule has 2 aromatic carbocycles. The largest absolute Gasteiger partial charge is 0.490 e. The molecule has 0 atom stereocenters. The van der Waals surface area contributed by atoms with E-state index in [9.17, 15) is 9.59 Å². The first-order valence-electron chi connectivity index (χ1n) is 9.32. The van der Waals surface area contributed by atoms with Gasteiger partial charge in [-0.05, 0) is 96.0 Å². The van der Waals surface area contributed by atoms with Crippen molar-refractivity contribution in [1.82, 2.24) is 10.6 Å². The number of thiocarbonyl (C=S) groups is 1. The molecule has 1 heterocycles. The van der Waals surface area contributed by atoms with Gasteiger partial charge in [-0.2, -0.15) is 0 Å². The summed E-state index contributed by atoms with van der Waals surface area (Å²) in [6.45, 7) is 6.88. The topological polar surface area (TPSA) is 76.7 Å². The number of hydrogen-bond acceptors (Lipinski definition) is 5. The molecule has 30 heavy (non-hydrogen) atoms. The Balaban J connectivity index is 1.89. The molecular weight excluding hydrogens is 515 g/mol. The second-order valence-electron chi connectivity index (χ2n) is 6.77. The van der Waals surface area contributed by atoms with E-state index in [4.69, 9.17) is 21.7 Å². The molecule has 2 amide bonds. The molecule has 2 aromatic rings. The highest BCUT2D eigenvalue weighted by Crippen LogP contribution is 2.35. The molecule has 0 saturated carbocycles. The van der Waals surface area contributed by atoms with Crippen LogP contribution in [-0.4, -0.2) is 23.5 Å². The Labute approximate surface area is 194 Å². The van der Waals surface area contributed by atoms with Crippen LogP contribution in [0.2, 0.25) is 0 Å². The Morgan fingerprint density at radius 1 is 1.03 bits per heavy atom. The molecule has 0 radical (unpaired) electrons. The molecule has 0 spiro atoms. The second-order valence-corrected chi connectivity index (χ2v) is 8.34. The van der Waals surface area contributed by atoms with Gasteiger partial charge in [0.25, 0.3) is 11.8 Å². The first-order valence-corrected chi connectivity index (χ1v) is 10.8.